The molecule has 0 spiro atoms. The molecule has 3 nitrogen and oxygen atoms in total. The van der Waals surface area contributed by atoms with Gasteiger partial charge in [-0.15, -0.1) is 0 Å². The van der Waals surface area contributed by atoms with E-state index in [-0.39, 0.29) is 11.9 Å². The molecule has 0 aliphatic heterocycles. The zero-order valence-corrected chi connectivity index (χ0v) is 11.7. The van der Waals surface area contributed by atoms with E-state index in [1.54, 1.807) is 12.1 Å². The summed E-state index contributed by atoms with van der Waals surface area (Å²) in [6.07, 6.45) is 3.04. The van der Waals surface area contributed by atoms with Gasteiger partial charge in [-0.1, -0.05) is 19.1 Å². The monoisotopic (exact) mass is 261 g/mol. The second-order valence-corrected chi connectivity index (χ2v) is 4.77. The van der Waals surface area contributed by atoms with Crippen molar-refractivity contribution in [3.63, 3.8) is 0 Å². The number of hydrogen-bond acceptors (Lipinski definition) is 2. The molecule has 1 N–H and O–H groups in total. The van der Waals surface area contributed by atoms with Gasteiger partial charge in [0, 0.05) is 12.7 Å². The van der Waals surface area contributed by atoms with Crippen molar-refractivity contribution in [3.8, 4) is 0 Å². The number of anilines is 1. The van der Waals surface area contributed by atoms with Gasteiger partial charge in [0.05, 0.1) is 11.7 Å². The molecule has 19 heavy (non-hydrogen) atoms. The summed E-state index contributed by atoms with van der Waals surface area (Å²) in [5, 5.41) is 3.31. The van der Waals surface area contributed by atoms with E-state index in [0.717, 1.165) is 30.2 Å². The molecule has 1 atom stereocenters. The highest BCUT2D eigenvalue weighted by Crippen LogP contribution is 2.23. The van der Waals surface area contributed by atoms with Gasteiger partial charge in [-0.2, -0.15) is 0 Å². The lowest BCUT2D eigenvalue weighted by Gasteiger charge is -2.17. The van der Waals surface area contributed by atoms with Gasteiger partial charge in [0.1, 0.15) is 5.82 Å². The van der Waals surface area contributed by atoms with E-state index < -0.39 is 0 Å². The van der Waals surface area contributed by atoms with E-state index in [4.69, 9.17) is 0 Å². The number of rotatable bonds is 5. The van der Waals surface area contributed by atoms with Crippen LogP contribution in [0.25, 0.3) is 0 Å². The Labute approximate surface area is 113 Å². The van der Waals surface area contributed by atoms with Crippen LogP contribution in [0.4, 0.5) is 10.3 Å². The van der Waals surface area contributed by atoms with E-state index >= 15 is 0 Å². The Bertz CT molecular complexity index is 548. The fourth-order valence-corrected chi connectivity index (χ4v) is 2.11. The van der Waals surface area contributed by atoms with Crippen molar-refractivity contribution in [2.45, 2.75) is 33.2 Å². The highest BCUT2D eigenvalue weighted by molar-refractivity contribution is 5.32. The average molecular weight is 261 g/mol. The zero-order valence-electron chi connectivity index (χ0n) is 11.7. The minimum Gasteiger partial charge on any atom is -0.356 e. The number of aryl methyl sites for hydroxylation is 1. The van der Waals surface area contributed by atoms with Crippen LogP contribution in [0.2, 0.25) is 0 Å². The van der Waals surface area contributed by atoms with Gasteiger partial charge in [-0.3, -0.25) is 0 Å². The normalized spacial score (nSPS) is 12.4. The molecule has 0 saturated carbocycles. The van der Waals surface area contributed by atoms with E-state index in [1.165, 1.54) is 6.07 Å². The van der Waals surface area contributed by atoms with Crippen molar-refractivity contribution in [1.29, 1.82) is 0 Å². The Morgan fingerprint density at radius 1 is 1.42 bits per heavy atom. The number of nitrogens with zero attached hydrogens (tertiary/aromatic N) is 2. The van der Waals surface area contributed by atoms with Crippen LogP contribution in [-0.4, -0.2) is 16.1 Å². The molecule has 1 aromatic carbocycles. The van der Waals surface area contributed by atoms with Crippen LogP contribution < -0.4 is 5.32 Å². The summed E-state index contributed by atoms with van der Waals surface area (Å²) in [5.41, 5.74) is 1.90. The maximum atomic E-state index is 13.3. The Morgan fingerprint density at radius 3 is 2.89 bits per heavy atom. The fraction of sp³-hybridized carbons (Fsp3) is 0.400. The molecule has 0 saturated heterocycles. The number of benzene rings is 1. The van der Waals surface area contributed by atoms with Crippen LogP contribution in [0.1, 0.15) is 37.6 Å². The molecule has 2 aromatic rings. The quantitative estimate of drug-likeness (QED) is 0.888. The highest BCUT2D eigenvalue weighted by atomic mass is 19.1. The first-order chi connectivity index (χ1) is 9.11. The molecule has 1 heterocycles. The smallest absolute Gasteiger partial charge is 0.203 e. The first-order valence-corrected chi connectivity index (χ1v) is 6.66. The molecule has 0 aliphatic carbocycles. The third kappa shape index (κ3) is 3.13. The molecule has 0 fully saturated rings. The van der Waals surface area contributed by atoms with Crippen LogP contribution in [0.3, 0.4) is 0 Å². The summed E-state index contributed by atoms with van der Waals surface area (Å²) in [7, 11) is 0. The van der Waals surface area contributed by atoms with E-state index in [2.05, 4.69) is 21.8 Å². The van der Waals surface area contributed by atoms with Gasteiger partial charge in [-0.05, 0) is 38.0 Å². The van der Waals surface area contributed by atoms with Crippen LogP contribution in [0, 0.1) is 12.7 Å². The van der Waals surface area contributed by atoms with Crippen molar-refractivity contribution in [3.05, 3.63) is 47.5 Å². The van der Waals surface area contributed by atoms with E-state index in [9.17, 15) is 4.39 Å². The molecule has 0 aliphatic rings. The first kappa shape index (κ1) is 13.6. The van der Waals surface area contributed by atoms with E-state index in [0.29, 0.717) is 0 Å². The van der Waals surface area contributed by atoms with Crippen molar-refractivity contribution < 1.29 is 4.39 Å². The summed E-state index contributed by atoms with van der Waals surface area (Å²) in [6, 6.07) is 6.77. The summed E-state index contributed by atoms with van der Waals surface area (Å²) in [5.74, 6) is 0.639. The highest BCUT2D eigenvalue weighted by Gasteiger charge is 2.13. The summed E-state index contributed by atoms with van der Waals surface area (Å²) in [6.45, 7) is 7.01. The van der Waals surface area contributed by atoms with Crippen molar-refractivity contribution >= 4 is 5.95 Å². The lowest BCUT2D eigenvalue weighted by atomic mass is 10.1. The summed E-state index contributed by atoms with van der Waals surface area (Å²) >= 11 is 0. The Morgan fingerprint density at radius 2 is 2.21 bits per heavy atom. The average Bonchev–Trinajstić information content (AvgIpc) is 2.76. The Hall–Kier alpha value is -1.84. The predicted molar refractivity (Wildman–Crippen MR) is 76.0 cm³/mol. The van der Waals surface area contributed by atoms with Gasteiger partial charge in [0.2, 0.25) is 5.95 Å². The molecular weight excluding hydrogens is 241 g/mol. The number of nitrogens with one attached hydrogen (secondary N) is 1. The maximum Gasteiger partial charge on any atom is 0.203 e. The molecule has 4 heteroatoms. The van der Waals surface area contributed by atoms with Crippen LogP contribution >= 0.6 is 0 Å². The van der Waals surface area contributed by atoms with Crippen molar-refractivity contribution in [2.75, 3.05) is 11.9 Å². The SMILES string of the molecule is CCCNc1nc(C)cn1C(C)c1cccc(F)c1. The first-order valence-electron chi connectivity index (χ1n) is 6.66. The fourth-order valence-electron chi connectivity index (χ4n) is 2.11. The largest absolute Gasteiger partial charge is 0.356 e. The Kier molecular flexibility index (Phi) is 4.20. The standard InChI is InChI=1S/C15H20FN3/c1-4-8-17-15-18-11(2)10-19(15)12(3)13-6-5-7-14(16)9-13/h5-7,9-10,12H,4,8H2,1-3H3,(H,17,18). The third-order valence-electron chi connectivity index (χ3n) is 3.13. The molecular formula is C15H20FN3. The predicted octanol–water partition coefficient (Wildman–Crippen LogP) is 3.76. The second kappa shape index (κ2) is 5.87. The lowest BCUT2D eigenvalue weighted by molar-refractivity contribution is 0.605. The third-order valence-corrected chi connectivity index (χ3v) is 3.13. The molecule has 0 radical (unpaired) electrons. The van der Waals surface area contributed by atoms with Crippen molar-refractivity contribution in [1.82, 2.24) is 9.55 Å². The number of halogens is 1. The number of aromatic nitrogens is 2. The molecule has 0 bridgehead atoms. The van der Waals surface area contributed by atoms with Gasteiger partial charge < -0.3 is 9.88 Å². The van der Waals surface area contributed by atoms with Crippen molar-refractivity contribution in [2.24, 2.45) is 0 Å². The zero-order chi connectivity index (χ0) is 13.8. The van der Waals surface area contributed by atoms with Gasteiger partial charge in [-0.25, -0.2) is 9.37 Å². The van der Waals surface area contributed by atoms with Gasteiger partial charge in [0.15, 0.2) is 0 Å². The lowest BCUT2D eigenvalue weighted by Crippen LogP contribution is -2.12. The molecule has 2 rings (SSSR count). The van der Waals surface area contributed by atoms with Gasteiger partial charge in [0.25, 0.3) is 0 Å². The second-order valence-electron chi connectivity index (χ2n) is 4.77. The van der Waals surface area contributed by atoms with E-state index in [1.807, 2.05) is 26.1 Å². The minimum atomic E-state index is -0.204. The van der Waals surface area contributed by atoms with Crippen LogP contribution in [0.15, 0.2) is 30.5 Å². The minimum absolute atomic E-state index is 0.0521. The topological polar surface area (TPSA) is 29.9 Å². The molecule has 1 aromatic heterocycles. The number of imidazole rings is 1. The molecule has 102 valence electrons. The molecule has 0 amide bonds. The van der Waals surface area contributed by atoms with Crippen LogP contribution in [0.5, 0.6) is 0 Å². The van der Waals surface area contributed by atoms with Gasteiger partial charge >= 0.3 is 0 Å². The summed E-state index contributed by atoms with van der Waals surface area (Å²) < 4.78 is 15.4. The molecule has 1 unspecified atom stereocenters. The maximum absolute atomic E-state index is 13.3. The van der Waals surface area contributed by atoms with Crippen LogP contribution in [-0.2, 0) is 0 Å². The Balaban J connectivity index is 2.30. The summed E-state index contributed by atoms with van der Waals surface area (Å²) in [4.78, 5) is 4.48. The number of hydrogen-bond donors (Lipinski definition) is 1.